The van der Waals surface area contributed by atoms with Gasteiger partial charge in [0, 0.05) is 30.8 Å². The highest BCUT2D eigenvalue weighted by Crippen LogP contribution is 2.31. The zero-order valence-corrected chi connectivity index (χ0v) is 16.8. The molecule has 2 aromatic heterocycles. The van der Waals surface area contributed by atoms with E-state index in [1.54, 1.807) is 9.30 Å². The lowest BCUT2D eigenvalue weighted by molar-refractivity contribution is -0.137. The summed E-state index contributed by atoms with van der Waals surface area (Å²) in [6, 6.07) is 4.76. The first-order valence-corrected chi connectivity index (χ1v) is 9.70. The summed E-state index contributed by atoms with van der Waals surface area (Å²) in [6.07, 6.45) is 2.48. The van der Waals surface area contributed by atoms with Crippen molar-refractivity contribution in [3.8, 4) is 11.3 Å². The molecule has 1 fully saturated rings. The lowest BCUT2D eigenvalue weighted by Gasteiger charge is -2.29. The van der Waals surface area contributed by atoms with E-state index in [0.717, 1.165) is 31.3 Å². The third-order valence-corrected chi connectivity index (χ3v) is 5.06. The topological polar surface area (TPSA) is 93.6 Å². The maximum atomic E-state index is 12.8. The zero-order valence-electron chi connectivity index (χ0n) is 16.8. The van der Waals surface area contributed by atoms with Crippen LogP contribution in [0.4, 0.5) is 13.2 Å². The number of rotatable bonds is 3. The van der Waals surface area contributed by atoms with Gasteiger partial charge in [-0.2, -0.15) is 13.2 Å². The fourth-order valence-electron chi connectivity index (χ4n) is 3.51. The number of halogens is 3. The standard InChI is InChI=1S/C20H17F3N4O2.CH5N/c21-20(22,23)15-5-3-14(4-6-15)17-8-25-18-9-24-16(11-27(17)18)19(29)26-7-1-2-13(10-26)12-28;1-2/h3-6,8-9,11-13H,1-2,7,10H2;2H2,1H3. The van der Waals surface area contributed by atoms with Gasteiger partial charge in [0.1, 0.15) is 12.0 Å². The fraction of sp³-hybridized carbons (Fsp3) is 0.333. The summed E-state index contributed by atoms with van der Waals surface area (Å²) in [5.41, 5.74) is 5.52. The molecule has 0 bridgehead atoms. The van der Waals surface area contributed by atoms with Crippen molar-refractivity contribution in [2.75, 3.05) is 20.1 Å². The van der Waals surface area contributed by atoms with E-state index < -0.39 is 11.7 Å². The number of carbonyl (C=O) groups is 2. The summed E-state index contributed by atoms with van der Waals surface area (Å²) < 4.78 is 40.0. The van der Waals surface area contributed by atoms with Gasteiger partial charge in [0.15, 0.2) is 5.65 Å². The first-order valence-electron chi connectivity index (χ1n) is 9.70. The predicted octanol–water partition coefficient (Wildman–Crippen LogP) is 3.04. The molecule has 2 N–H and O–H groups in total. The van der Waals surface area contributed by atoms with Crippen LogP contribution in [-0.4, -0.2) is 51.6 Å². The van der Waals surface area contributed by atoms with Crippen molar-refractivity contribution in [2.24, 2.45) is 11.7 Å². The van der Waals surface area contributed by atoms with Gasteiger partial charge in [-0.05, 0) is 32.0 Å². The van der Waals surface area contributed by atoms with Crippen LogP contribution in [0.1, 0.15) is 28.9 Å². The molecule has 1 atom stereocenters. The SMILES string of the molecule is CN.O=CC1CCCN(C(=O)c2cn3c(-c4ccc(C(F)(F)F)cc4)cnc3cn2)C1. The van der Waals surface area contributed by atoms with Crippen LogP contribution in [0, 0.1) is 5.92 Å². The lowest BCUT2D eigenvalue weighted by Crippen LogP contribution is -2.40. The molecule has 1 saturated heterocycles. The molecule has 1 unspecified atom stereocenters. The number of hydrogen-bond acceptors (Lipinski definition) is 5. The Kier molecular flexibility index (Phi) is 6.69. The Morgan fingerprint density at radius 3 is 2.52 bits per heavy atom. The normalized spacial score (nSPS) is 16.5. The fourth-order valence-corrected chi connectivity index (χ4v) is 3.51. The Hall–Kier alpha value is -3.27. The van der Waals surface area contributed by atoms with Crippen LogP contribution in [0.15, 0.2) is 42.9 Å². The number of imidazole rings is 1. The van der Waals surface area contributed by atoms with Crippen molar-refractivity contribution in [3.63, 3.8) is 0 Å². The number of carbonyl (C=O) groups excluding carboxylic acids is 2. The quantitative estimate of drug-likeness (QED) is 0.641. The van der Waals surface area contributed by atoms with E-state index in [1.165, 1.54) is 37.8 Å². The second-order valence-electron chi connectivity index (χ2n) is 7.01. The molecule has 0 radical (unpaired) electrons. The maximum absolute atomic E-state index is 12.8. The summed E-state index contributed by atoms with van der Waals surface area (Å²) >= 11 is 0. The highest BCUT2D eigenvalue weighted by molar-refractivity contribution is 5.92. The van der Waals surface area contributed by atoms with Gasteiger partial charge in [-0.15, -0.1) is 0 Å². The molecule has 31 heavy (non-hydrogen) atoms. The van der Waals surface area contributed by atoms with Crippen LogP contribution in [0.5, 0.6) is 0 Å². The molecule has 0 aliphatic carbocycles. The third-order valence-electron chi connectivity index (χ3n) is 5.06. The average molecular weight is 433 g/mol. The van der Waals surface area contributed by atoms with Crippen LogP contribution in [0.3, 0.4) is 0 Å². The van der Waals surface area contributed by atoms with Crippen molar-refractivity contribution >= 4 is 17.8 Å². The summed E-state index contributed by atoms with van der Waals surface area (Å²) in [7, 11) is 1.50. The summed E-state index contributed by atoms with van der Waals surface area (Å²) in [4.78, 5) is 33.9. The van der Waals surface area contributed by atoms with Crippen LogP contribution < -0.4 is 5.73 Å². The van der Waals surface area contributed by atoms with Crippen LogP contribution >= 0.6 is 0 Å². The molecule has 1 amide bonds. The van der Waals surface area contributed by atoms with Crippen molar-refractivity contribution in [2.45, 2.75) is 19.0 Å². The summed E-state index contributed by atoms with van der Waals surface area (Å²) in [5.74, 6) is -0.460. The van der Waals surface area contributed by atoms with Gasteiger partial charge in [0.25, 0.3) is 5.91 Å². The number of aldehydes is 1. The van der Waals surface area contributed by atoms with Gasteiger partial charge in [-0.3, -0.25) is 9.20 Å². The molecule has 0 saturated carbocycles. The second kappa shape index (κ2) is 9.25. The number of amides is 1. The number of benzene rings is 1. The predicted molar refractivity (Wildman–Crippen MR) is 108 cm³/mol. The number of aromatic nitrogens is 3. The number of hydrogen-bond donors (Lipinski definition) is 1. The molecule has 164 valence electrons. The van der Waals surface area contributed by atoms with E-state index in [1.807, 2.05) is 0 Å². The monoisotopic (exact) mass is 433 g/mol. The minimum atomic E-state index is -4.41. The third kappa shape index (κ3) is 4.74. The van der Waals surface area contributed by atoms with E-state index in [-0.39, 0.29) is 17.5 Å². The average Bonchev–Trinajstić information content (AvgIpc) is 3.22. The number of fused-ring (bicyclic) bond motifs is 1. The van der Waals surface area contributed by atoms with E-state index >= 15 is 0 Å². The number of piperidine rings is 1. The molecule has 10 heteroatoms. The number of alkyl halides is 3. The van der Waals surface area contributed by atoms with Crippen LogP contribution in [0.2, 0.25) is 0 Å². The minimum Gasteiger partial charge on any atom is -0.337 e. The number of likely N-dealkylation sites (tertiary alicyclic amines) is 1. The number of nitrogens with two attached hydrogens (primary N) is 1. The Morgan fingerprint density at radius 1 is 1.16 bits per heavy atom. The Bertz CT molecular complexity index is 1060. The summed E-state index contributed by atoms with van der Waals surface area (Å²) in [6.45, 7) is 0.913. The molecule has 1 aliphatic rings. The maximum Gasteiger partial charge on any atom is 0.416 e. The smallest absolute Gasteiger partial charge is 0.337 e. The van der Waals surface area contributed by atoms with Crippen molar-refractivity contribution in [3.05, 3.63) is 54.1 Å². The summed E-state index contributed by atoms with van der Waals surface area (Å²) in [5, 5.41) is 0. The minimum absolute atomic E-state index is 0.174. The van der Waals surface area contributed by atoms with E-state index in [4.69, 9.17) is 0 Å². The molecular weight excluding hydrogens is 411 g/mol. The molecule has 1 aliphatic heterocycles. The highest BCUT2D eigenvalue weighted by Gasteiger charge is 2.30. The molecule has 3 aromatic rings. The zero-order chi connectivity index (χ0) is 22.6. The first-order chi connectivity index (χ1) is 14.9. The van der Waals surface area contributed by atoms with Crippen molar-refractivity contribution in [1.82, 2.24) is 19.3 Å². The molecular formula is C21H22F3N5O2. The Labute approximate surface area is 176 Å². The molecule has 0 spiro atoms. The van der Waals surface area contributed by atoms with Crippen LogP contribution in [-0.2, 0) is 11.0 Å². The number of nitrogens with zero attached hydrogens (tertiary/aromatic N) is 4. The van der Waals surface area contributed by atoms with E-state index in [2.05, 4.69) is 15.7 Å². The lowest BCUT2D eigenvalue weighted by atomic mass is 9.99. The first kappa shape index (κ1) is 22.4. The van der Waals surface area contributed by atoms with Gasteiger partial charge >= 0.3 is 6.18 Å². The van der Waals surface area contributed by atoms with Gasteiger partial charge in [0.2, 0.25) is 0 Å². The van der Waals surface area contributed by atoms with Gasteiger partial charge in [0.05, 0.1) is 23.7 Å². The van der Waals surface area contributed by atoms with Gasteiger partial charge in [-0.25, -0.2) is 9.97 Å². The van der Waals surface area contributed by atoms with E-state index in [9.17, 15) is 22.8 Å². The Morgan fingerprint density at radius 2 is 1.87 bits per heavy atom. The molecule has 7 nitrogen and oxygen atoms in total. The molecule has 3 heterocycles. The van der Waals surface area contributed by atoms with Crippen molar-refractivity contribution < 1.29 is 22.8 Å². The largest absolute Gasteiger partial charge is 0.416 e. The second-order valence-corrected chi connectivity index (χ2v) is 7.01. The van der Waals surface area contributed by atoms with Crippen molar-refractivity contribution in [1.29, 1.82) is 0 Å². The highest BCUT2D eigenvalue weighted by atomic mass is 19.4. The Balaban J connectivity index is 0.00000132. The molecule has 4 rings (SSSR count). The molecule has 1 aromatic carbocycles. The van der Waals surface area contributed by atoms with Gasteiger partial charge < -0.3 is 15.4 Å². The van der Waals surface area contributed by atoms with Gasteiger partial charge in [-0.1, -0.05) is 12.1 Å². The van der Waals surface area contributed by atoms with Crippen LogP contribution in [0.25, 0.3) is 16.9 Å². The van der Waals surface area contributed by atoms with E-state index in [0.29, 0.717) is 30.0 Å².